The number of aryl methyl sites for hydroxylation is 2. The standard InChI is InChI=1S/C26H18N.Pt/c1-16-9-11-18-19-12-10-17(2)15-24(19)26(23(18)14-16)21-7-4-3-6-20(21)25-22(26)8-5-13-27-25;/h3-5,7-15H,1-2H3;/q-1;. The Morgan fingerprint density at radius 2 is 1.39 bits per heavy atom. The third-order valence-corrected chi connectivity index (χ3v) is 6.16. The van der Waals surface area contributed by atoms with Gasteiger partial charge in [0.25, 0.3) is 0 Å². The van der Waals surface area contributed by atoms with E-state index in [4.69, 9.17) is 4.98 Å². The number of hydrogen-bond acceptors (Lipinski definition) is 1. The fourth-order valence-corrected chi connectivity index (χ4v) is 5.13. The minimum atomic E-state index is -0.292. The molecule has 138 valence electrons. The summed E-state index contributed by atoms with van der Waals surface area (Å²) in [4.78, 5) is 4.78. The van der Waals surface area contributed by atoms with E-state index in [0.29, 0.717) is 0 Å². The molecule has 4 aromatic rings. The summed E-state index contributed by atoms with van der Waals surface area (Å²) in [7, 11) is 0. The summed E-state index contributed by atoms with van der Waals surface area (Å²) in [5.41, 5.74) is 12.5. The van der Waals surface area contributed by atoms with Crippen LogP contribution in [0.3, 0.4) is 0 Å². The van der Waals surface area contributed by atoms with Crippen LogP contribution in [0, 0.1) is 19.9 Å². The molecule has 0 fully saturated rings. The van der Waals surface area contributed by atoms with Crippen LogP contribution in [0.2, 0.25) is 0 Å². The Morgan fingerprint density at radius 3 is 2.07 bits per heavy atom. The molecule has 0 saturated heterocycles. The van der Waals surface area contributed by atoms with Crippen molar-refractivity contribution in [1.29, 1.82) is 0 Å². The number of hydrogen-bond donors (Lipinski definition) is 0. The number of pyridine rings is 1. The van der Waals surface area contributed by atoms with Crippen LogP contribution in [-0.4, -0.2) is 4.98 Å². The van der Waals surface area contributed by atoms with Gasteiger partial charge >= 0.3 is 0 Å². The van der Waals surface area contributed by atoms with Crippen LogP contribution in [-0.2, 0) is 26.5 Å². The maximum absolute atomic E-state index is 4.78. The zero-order valence-electron chi connectivity index (χ0n) is 15.7. The van der Waals surface area contributed by atoms with Crippen LogP contribution < -0.4 is 0 Å². The van der Waals surface area contributed by atoms with Crippen LogP contribution in [0.4, 0.5) is 0 Å². The summed E-state index contributed by atoms with van der Waals surface area (Å²) < 4.78 is 0. The fourth-order valence-electron chi connectivity index (χ4n) is 5.13. The smallest absolute Gasteiger partial charge is 0.0314 e. The molecule has 0 radical (unpaired) electrons. The predicted octanol–water partition coefficient (Wildman–Crippen LogP) is 5.84. The third kappa shape index (κ3) is 1.98. The predicted molar refractivity (Wildman–Crippen MR) is 109 cm³/mol. The Morgan fingerprint density at radius 1 is 0.750 bits per heavy atom. The molecule has 0 bridgehead atoms. The van der Waals surface area contributed by atoms with Crippen LogP contribution in [0.5, 0.6) is 0 Å². The minimum absolute atomic E-state index is 0. The van der Waals surface area contributed by atoms with Crippen molar-refractivity contribution in [3.63, 3.8) is 0 Å². The summed E-state index contributed by atoms with van der Waals surface area (Å²) in [6, 6.07) is 27.9. The molecular formula is C26H18NPt-. The SMILES string of the molecule is Cc1ccc2c(c1)C1(c3ccc[c-]c3-c3ncccc31)c1cc(C)ccc1-2.[Pt]. The Kier molecular flexibility index (Phi) is 3.77. The summed E-state index contributed by atoms with van der Waals surface area (Å²) in [5, 5.41) is 0. The van der Waals surface area contributed by atoms with Crippen LogP contribution in [0.25, 0.3) is 22.4 Å². The quantitative estimate of drug-likeness (QED) is 0.221. The van der Waals surface area contributed by atoms with Crippen molar-refractivity contribution < 1.29 is 21.1 Å². The molecule has 1 spiro atoms. The van der Waals surface area contributed by atoms with Gasteiger partial charge < -0.3 is 4.98 Å². The maximum Gasteiger partial charge on any atom is 0.0314 e. The Hall–Kier alpha value is -2.50. The second-order valence-electron chi connectivity index (χ2n) is 7.71. The number of aromatic nitrogens is 1. The van der Waals surface area contributed by atoms with Gasteiger partial charge in [-0.15, -0.1) is 35.4 Å². The van der Waals surface area contributed by atoms with Gasteiger partial charge in [-0.2, -0.15) is 0 Å². The van der Waals surface area contributed by atoms with E-state index >= 15 is 0 Å². The Labute approximate surface area is 179 Å². The number of nitrogens with zero attached hydrogens (tertiary/aromatic N) is 1. The van der Waals surface area contributed by atoms with Gasteiger partial charge in [0.05, 0.1) is 0 Å². The molecule has 0 aliphatic heterocycles. The fraction of sp³-hybridized carbons (Fsp3) is 0.115. The van der Waals surface area contributed by atoms with Gasteiger partial charge in [0, 0.05) is 32.7 Å². The van der Waals surface area contributed by atoms with Crippen molar-refractivity contribution in [2.24, 2.45) is 0 Å². The van der Waals surface area contributed by atoms with Gasteiger partial charge in [-0.3, -0.25) is 0 Å². The maximum atomic E-state index is 4.78. The van der Waals surface area contributed by atoms with E-state index in [-0.39, 0.29) is 26.5 Å². The summed E-state index contributed by atoms with van der Waals surface area (Å²) >= 11 is 0. The van der Waals surface area contributed by atoms with Crippen molar-refractivity contribution in [2.75, 3.05) is 0 Å². The van der Waals surface area contributed by atoms with Crippen molar-refractivity contribution in [3.8, 4) is 22.4 Å². The van der Waals surface area contributed by atoms with Crippen molar-refractivity contribution in [2.45, 2.75) is 19.3 Å². The molecular weight excluding hydrogens is 521 g/mol. The average molecular weight is 540 g/mol. The molecule has 0 saturated carbocycles. The van der Waals surface area contributed by atoms with Crippen LogP contribution >= 0.6 is 0 Å². The zero-order chi connectivity index (χ0) is 18.2. The first kappa shape index (κ1) is 17.6. The van der Waals surface area contributed by atoms with E-state index in [1.54, 1.807) is 0 Å². The average Bonchev–Trinajstić information content (AvgIpc) is 3.14. The molecule has 1 nitrogen and oxygen atoms in total. The molecule has 3 aromatic carbocycles. The first-order valence-corrected chi connectivity index (χ1v) is 9.41. The second kappa shape index (κ2) is 6.00. The Balaban J connectivity index is 0.00000171. The van der Waals surface area contributed by atoms with Gasteiger partial charge in [-0.05, 0) is 47.9 Å². The van der Waals surface area contributed by atoms with Gasteiger partial charge in [-0.1, -0.05) is 59.2 Å². The van der Waals surface area contributed by atoms with E-state index < -0.39 is 0 Å². The number of fused-ring (bicyclic) bond motifs is 10. The van der Waals surface area contributed by atoms with Crippen molar-refractivity contribution >= 4 is 0 Å². The van der Waals surface area contributed by atoms with Gasteiger partial charge in [0.1, 0.15) is 0 Å². The number of benzene rings is 3. The topological polar surface area (TPSA) is 12.9 Å². The summed E-state index contributed by atoms with van der Waals surface area (Å²) in [5.74, 6) is 0. The molecule has 1 aromatic heterocycles. The van der Waals surface area contributed by atoms with E-state index in [9.17, 15) is 0 Å². The Bertz CT molecular complexity index is 1160. The molecule has 2 aliphatic carbocycles. The van der Waals surface area contributed by atoms with E-state index in [2.05, 4.69) is 80.6 Å². The molecule has 6 rings (SSSR count). The molecule has 0 N–H and O–H groups in total. The van der Waals surface area contributed by atoms with E-state index in [0.717, 1.165) is 11.3 Å². The zero-order valence-corrected chi connectivity index (χ0v) is 18.0. The van der Waals surface area contributed by atoms with Crippen molar-refractivity contribution in [3.05, 3.63) is 112 Å². The monoisotopic (exact) mass is 539 g/mol. The molecule has 2 aliphatic rings. The molecule has 0 amide bonds. The van der Waals surface area contributed by atoms with Gasteiger partial charge in [-0.25, -0.2) is 0 Å². The van der Waals surface area contributed by atoms with Gasteiger partial charge in [0.15, 0.2) is 0 Å². The normalized spacial score (nSPS) is 14.1. The molecule has 2 heteroatoms. The first-order chi connectivity index (χ1) is 13.2. The molecule has 28 heavy (non-hydrogen) atoms. The summed E-state index contributed by atoms with van der Waals surface area (Å²) in [6.07, 6.45) is 1.89. The second-order valence-corrected chi connectivity index (χ2v) is 7.71. The van der Waals surface area contributed by atoms with Gasteiger partial charge in [0.2, 0.25) is 0 Å². The molecule has 0 atom stereocenters. The minimum Gasteiger partial charge on any atom is -0.304 e. The van der Waals surface area contributed by atoms with E-state index in [1.807, 2.05) is 12.3 Å². The molecule has 0 unspecified atom stereocenters. The largest absolute Gasteiger partial charge is 0.304 e. The summed E-state index contributed by atoms with van der Waals surface area (Å²) in [6.45, 7) is 4.36. The first-order valence-electron chi connectivity index (χ1n) is 9.41. The number of rotatable bonds is 0. The van der Waals surface area contributed by atoms with Crippen LogP contribution in [0.1, 0.15) is 33.4 Å². The third-order valence-electron chi connectivity index (χ3n) is 6.16. The van der Waals surface area contributed by atoms with Crippen LogP contribution in [0.15, 0.2) is 72.9 Å². The molecule has 1 heterocycles. The van der Waals surface area contributed by atoms with E-state index in [1.165, 1.54) is 44.5 Å². The van der Waals surface area contributed by atoms with Crippen molar-refractivity contribution in [1.82, 2.24) is 4.98 Å².